The van der Waals surface area contributed by atoms with E-state index in [0.29, 0.717) is 23.1 Å². The fourth-order valence-corrected chi connectivity index (χ4v) is 3.58. The molecule has 1 aliphatic heterocycles. The minimum absolute atomic E-state index is 0.00284. The van der Waals surface area contributed by atoms with Gasteiger partial charge in [0.05, 0.1) is 12.7 Å². The van der Waals surface area contributed by atoms with Gasteiger partial charge in [-0.3, -0.25) is 0 Å². The molecule has 0 fully saturated rings. The van der Waals surface area contributed by atoms with Gasteiger partial charge >= 0.3 is 11.9 Å². The molecule has 7 heteroatoms. The number of hydrogen-bond acceptors (Lipinski definition) is 6. The van der Waals surface area contributed by atoms with Crippen LogP contribution in [0.3, 0.4) is 0 Å². The predicted octanol–water partition coefficient (Wildman–Crippen LogP) is 3.59. The number of methoxy groups -OCH3 is 1. The number of phenols is 2. The standard InChI is InChI=1S/C24H24O7/c1-14(2)4-6-17-12-15(5-11-19(17)26)13-24(23(28)29)20(21(30-3)22(27)31-24)16-7-9-18(25)10-8-16/h4-5,7-12,25-26H,6,13H2,1-3H3,(H,28,29)/t24-/m0/s1. The first-order chi connectivity index (χ1) is 14.7. The zero-order valence-corrected chi connectivity index (χ0v) is 17.5. The van der Waals surface area contributed by atoms with Crippen LogP contribution in [-0.4, -0.2) is 40.0 Å². The van der Waals surface area contributed by atoms with Crippen molar-refractivity contribution in [2.24, 2.45) is 0 Å². The highest BCUT2D eigenvalue weighted by Crippen LogP contribution is 2.43. The number of rotatable bonds is 7. The Morgan fingerprint density at radius 2 is 1.81 bits per heavy atom. The maximum atomic E-state index is 12.5. The first kappa shape index (κ1) is 22.0. The lowest BCUT2D eigenvalue weighted by Crippen LogP contribution is -2.43. The van der Waals surface area contributed by atoms with Gasteiger partial charge in [0.15, 0.2) is 0 Å². The fourth-order valence-electron chi connectivity index (χ4n) is 3.58. The molecule has 3 rings (SSSR count). The van der Waals surface area contributed by atoms with Crippen molar-refractivity contribution in [1.29, 1.82) is 0 Å². The Morgan fingerprint density at radius 1 is 1.13 bits per heavy atom. The van der Waals surface area contributed by atoms with Gasteiger partial charge < -0.3 is 24.8 Å². The van der Waals surface area contributed by atoms with E-state index < -0.39 is 17.5 Å². The van der Waals surface area contributed by atoms with E-state index in [1.165, 1.54) is 37.4 Å². The molecule has 2 aromatic carbocycles. The Bertz CT molecular complexity index is 1080. The summed E-state index contributed by atoms with van der Waals surface area (Å²) >= 11 is 0. The number of carboxylic acid groups (broad SMARTS) is 1. The van der Waals surface area contributed by atoms with Crippen LogP contribution in [0.1, 0.15) is 30.5 Å². The first-order valence-corrected chi connectivity index (χ1v) is 9.67. The van der Waals surface area contributed by atoms with Gasteiger partial charge in [0.2, 0.25) is 11.4 Å². The van der Waals surface area contributed by atoms with Gasteiger partial charge in [-0.05, 0) is 55.2 Å². The quantitative estimate of drug-likeness (QED) is 0.460. The Kier molecular flexibility index (Phi) is 6.06. The molecule has 0 aliphatic carbocycles. The Labute approximate surface area is 179 Å². The molecule has 0 saturated heterocycles. The van der Waals surface area contributed by atoms with Crippen molar-refractivity contribution in [1.82, 2.24) is 0 Å². The van der Waals surface area contributed by atoms with Crippen LogP contribution in [0.15, 0.2) is 59.9 Å². The number of allylic oxidation sites excluding steroid dienone is 2. The van der Waals surface area contributed by atoms with E-state index in [4.69, 9.17) is 9.47 Å². The fraction of sp³-hybridized carbons (Fsp3) is 0.250. The Morgan fingerprint density at radius 3 is 2.39 bits per heavy atom. The average Bonchev–Trinajstić information content (AvgIpc) is 3.01. The second-order valence-electron chi connectivity index (χ2n) is 7.60. The summed E-state index contributed by atoms with van der Waals surface area (Å²) in [6, 6.07) is 10.6. The molecule has 2 aromatic rings. The molecule has 1 atom stereocenters. The molecule has 0 aromatic heterocycles. The summed E-state index contributed by atoms with van der Waals surface area (Å²) in [6.45, 7) is 3.89. The SMILES string of the molecule is COC1=C(c2ccc(O)cc2)[C@@](Cc2ccc(O)c(CC=C(C)C)c2)(C(=O)O)OC1=O. The summed E-state index contributed by atoms with van der Waals surface area (Å²) in [6.07, 6.45) is 2.26. The van der Waals surface area contributed by atoms with Gasteiger partial charge in [-0.1, -0.05) is 35.9 Å². The molecule has 3 N–H and O–H groups in total. The smallest absolute Gasteiger partial charge is 0.375 e. The van der Waals surface area contributed by atoms with E-state index in [9.17, 15) is 24.9 Å². The van der Waals surface area contributed by atoms with Crippen molar-refractivity contribution in [2.75, 3.05) is 7.11 Å². The van der Waals surface area contributed by atoms with Gasteiger partial charge in [0.25, 0.3) is 0 Å². The second-order valence-corrected chi connectivity index (χ2v) is 7.60. The maximum absolute atomic E-state index is 12.5. The molecule has 162 valence electrons. The Balaban J connectivity index is 2.11. The Hall–Kier alpha value is -3.74. The lowest BCUT2D eigenvalue weighted by Gasteiger charge is -2.27. The molecule has 1 aliphatic rings. The van der Waals surface area contributed by atoms with Gasteiger partial charge in [-0.15, -0.1) is 0 Å². The molecule has 0 bridgehead atoms. The number of carboxylic acids is 1. The van der Waals surface area contributed by atoms with Gasteiger partial charge in [-0.2, -0.15) is 0 Å². The van der Waals surface area contributed by atoms with Crippen LogP contribution in [-0.2, 0) is 31.9 Å². The van der Waals surface area contributed by atoms with E-state index >= 15 is 0 Å². The monoisotopic (exact) mass is 424 g/mol. The highest BCUT2D eigenvalue weighted by molar-refractivity contribution is 6.11. The molecule has 0 unspecified atom stereocenters. The first-order valence-electron chi connectivity index (χ1n) is 9.67. The van der Waals surface area contributed by atoms with E-state index in [0.717, 1.165) is 5.57 Å². The molecule has 0 saturated carbocycles. The normalized spacial score (nSPS) is 18.0. The summed E-state index contributed by atoms with van der Waals surface area (Å²) < 4.78 is 10.6. The number of aromatic hydroxyl groups is 2. The van der Waals surface area contributed by atoms with E-state index in [2.05, 4.69) is 0 Å². The van der Waals surface area contributed by atoms with Crippen molar-refractivity contribution in [2.45, 2.75) is 32.3 Å². The van der Waals surface area contributed by atoms with Crippen LogP contribution in [0.5, 0.6) is 11.5 Å². The molecule has 1 heterocycles. The molecule has 7 nitrogen and oxygen atoms in total. The number of cyclic esters (lactones) is 1. The van der Waals surface area contributed by atoms with Gasteiger partial charge in [-0.25, -0.2) is 9.59 Å². The van der Waals surface area contributed by atoms with Crippen LogP contribution in [0.25, 0.3) is 5.57 Å². The second kappa shape index (κ2) is 8.55. The number of phenolic OH excluding ortho intramolecular Hbond substituents is 2. The van der Waals surface area contributed by atoms with Crippen LogP contribution in [0, 0.1) is 0 Å². The third-order valence-electron chi connectivity index (χ3n) is 5.12. The van der Waals surface area contributed by atoms with Crippen molar-refractivity contribution < 1.29 is 34.4 Å². The summed E-state index contributed by atoms with van der Waals surface area (Å²) in [4.78, 5) is 25.0. The molecule has 0 amide bonds. The van der Waals surface area contributed by atoms with Crippen molar-refractivity contribution in [3.05, 3.63) is 76.6 Å². The third kappa shape index (κ3) is 4.26. The zero-order chi connectivity index (χ0) is 22.8. The average molecular weight is 424 g/mol. The van der Waals surface area contributed by atoms with E-state index in [1.54, 1.807) is 12.1 Å². The van der Waals surface area contributed by atoms with Crippen molar-refractivity contribution in [3.8, 4) is 11.5 Å². The van der Waals surface area contributed by atoms with E-state index in [1.807, 2.05) is 19.9 Å². The largest absolute Gasteiger partial charge is 0.508 e. The third-order valence-corrected chi connectivity index (χ3v) is 5.12. The highest BCUT2D eigenvalue weighted by atomic mass is 16.6. The van der Waals surface area contributed by atoms with Crippen LogP contribution in [0.4, 0.5) is 0 Å². The van der Waals surface area contributed by atoms with Gasteiger partial charge in [0, 0.05) is 6.42 Å². The maximum Gasteiger partial charge on any atom is 0.375 e. The number of ether oxygens (including phenoxy) is 2. The van der Waals surface area contributed by atoms with Crippen molar-refractivity contribution >= 4 is 17.5 Å². The number of esters is 1. The van der Waals surface area contributed by atoms with Crippen LogP contribution >= 0.6 is 0 Å². The number of aliphatic carboxylic acids is 1. The summed E-state index contributed by atoms with van der Waals surface area (Å²) in [5.74, 6) is -2.33. The van der Waals surface area contributed by atoms with Gasteiger partial charge in [0.1, 0.15) is 11.5 Å². The van der Waals surface area contributed by atoms with Crippen LogP contribution < -0.4 is 0 Å². The molecule has 0 spiro atoms. The summed E-state index contributed by atoms with van der Waals surface area (Å²) in [5.41, 5.74) is 0.714. The van der Waals surface area contributed by atoms with Crippen molar-refractivity contribution in [3.63, 3.8) is 0 Å². The minimum Gasteiger partial charge on any atom is -0.508 e. The van der Waals surface area contributed by atoms with E-state index in [-0.39, 0.29) is 29.3 Å². The highest BCUT2D eigenvalue weighted by Gasteiger charge is 2.55. The lowest BCUT2D eigenvalue weighted by atomic mass is 9.83. The summed E-state index contributed by atoms with van der Waals surface area (Å²) in [7, 11) is 1.27. The minimum atomic E-state index is -2.02. The number of hydrogen-bond donors (Lipinski definition) is 3. The number of carbonyl (C=O) groups is 2. The van der Waals surface area contributed by atoms with Crippen LogP contribution in [0.2, 0.25) is 0 Å². The lowest BCUT2D eigenvalue weighted by molar-refractivity contribution is -0.167. The molecule has 31 heavy (non-hydrogen) atoms. The molecule has 0 radical (unpaired) electrons. The zero-order valence-electron chi connectivity index (χ0n) is 17.5. The molecular formula is C24H24O7. The topological polar surface area (TPSA) is 113 Å². The number of carbonyl (C=O) groups excluding carboxylic acids is 1. The number of benzene rings is 2. The molecular weight excluding hydrogens is 400 g/mol. The predicted molar refractivity (Wildman–Crippen MR) is 113 cm³/mol. The summed E-state index contributed by atoms with van der Waals surface area (Å²) in [5, 5.41) is 29.9.